The van der Waals surface area contributed by atoms with E-state index in [-0.39, 0.29) is 18.2 Å². The number of carbonyl (C=O) groups is 1. The highest BCUT2D eigenvalue weighted by Crippen LogP contribution is 2.21. The van der Waals surface area contributed by atoms with Crippen LogP contribution in [0.4, 0.5) is 4.79 Å². The Kier molecular flexibility index (Phi) is 6.47. The minimum atomic E-state index is -0.436. The molecule has 1 aliphatic heterocycles. The van der Waals surface area contributed by atoms with Crippen molar-refractivity contribution in [3.63, 3.8) is 0 Å². The topological polar surface area (TPSA) is 50.8 Å². The lowest BCUT2D eigenvalue weighted by atomic mass is 9.97. The second kappa shape index (κ2) is 7.45. The highest BCUT2D eigenvalue weighted by Gasteiger charge is 2.32. The van der Waals surface area contributed by atoms with Gasteiger partial charge in [0.15, 0.2) is 0 Å². The second-order valence-electron chi connectivity index (χ2n) is 7.14. The van der Waals surface area contributed by atoms with Crippen molar-refractivity contribution >= 4 is 6.09 Å². The third-order valence-corrected chi connectivity index (χ3v) is 4.08. The number of hydrogen-bond donors (Lipinski definition) is 1. The molecule has 0 radical (unpaired) electrons. The molecule has 0 aliphatic carbocycles. The normalized spacial score (nSPS) is 26.3. The number of hydrogen-bond acceptors (Lipinski definition) is 4. The van der Waals surface area contributed by atoms with E-state index in [1.54, 1.807) is 7.11 Å². The highest BCUT2D eigenvalue weighted by molar-refractivity contribution is 5.68. The van der Waals surface area contributed by atoms with Crippen LogP contribution < -0.4 is 5.32 Å². The summed E-state index contributed by atoms with van der Waals surface area (Å²) in [4.78, 5) is 14.0. The molecule has 0 aromatic rings. The number of likely N-dealkylation sites (tertiary alicyclic amines) is 1. The quantitative estimate of drug-likeness (QED) is 0.867. The first kappa shape index (κ1) is 18.2. The van der Waals surface area contributed by atoms with Crippen molar-refractivity contribution in [1.82, 2.24) is 10.2 Å². The van der Waals surface area contributed by atoms with Gasteiger partial charge in [-0.25, -0.2) is 4.79 Å². The Labute approximate surface area is 129 Å². The molecule has 4 unspecified atom stereocenters. The van der Waals surface area contributed by atoms with Gasteiger partial charge in [-0.05, 0) is 54.4 Å². The Morgan fingerprint density at radius 1 is 1.33 bits per heavy atom. The zero-order chi connectivity index (χ0) is 16.2. The van der Waals surface area contributed by atoms with Crippen LogP contribution in [0, 0.1) is 0 Å². The Balaban J connectivity index is 2.49. The predicted octanol–water partition coefficient (Wildman–Crippen LogP) is 2.79. The molecular formula is C16H32N2O3. The second-order valence-corrected chi connectivity index (χ2v) is 7.14. The van der Waals surface area contributed by atoms with E-state index in [4.69, 9.17) is 9.47 Å². The molecule has 4 atom stereocenters. The van der Waals surface area contributed by atoms with Crippen LogP contribution in [0.15, 0.2) is 0 Å². The fourth-order valence-electron chi connectivity index (χ4n) is 2.63. The number of carbonyl (C=O) groups excluding carboxylic acids is 1. The zero-order valence-electron chi connectivity index (χ0n) is 14.6. The van der Waals surface area contributed by atoms with Gasteiger partial charge in [0, 0.05) is 31.8 Å². The largest absolute Gasteiger partial charge is 0.444 e. The number of amides is 1. The lowest BCUT2D eigenvalue weighted by Crippen LogP contribution is -2.53. The molecule has 124 valence electrons. The summed E-state index contributed by atoms with van der Waals surface area (Å²) in [6.07, 6.45) is 1.88. The average molecular weight is 300 g/mol. The fraction of sp³-hybridized carbons (Fsp3) is 0.938. The summed E-state index contributed by atoms with van der Waals surface area (Å²) in [5.74, 6) is 0. The van der Waals surface area contributed by atoms with E-state index in [1.165, 1.54) is 0 Å². The maximum Gasteiger partial charge on any atom is 0.410 e. The summed E-state index contributed by atoms with van der Waals surface area (Å²) in [6, 6.07) is 0.919. The highest BCUT2D eigenvalue weighted by atomic mass is 16.6. The van der Waals surface area contributed by atoms with Crippen LogP contribution in [-0.4, -0.2) is 54.5 Å². The molecule has 1 N–H and O–H groups in total. The summed E-state index contributed by atoms with van der Waals surface area (Å²) in [6.45, 7) is 12.7. The first-order valence-electron chi connectivity index (χ1n) is 7.92. The molecule has 0 saturated carbocycles. The summed E-state index contributed by atoms with van der Waals surface area (Å²) in [5.41, 5.74) is -0.436. The maximum absolute atomic E-state index is 12.2. The van der Waals surface area contributed by atoms with Gasteiger partial charge in [-0.15, -0.1) is 0 Å². The number of nitrogens with zero attached hydrogens (tertiary/aromatic N) is 1. The van der Waals surface area contributed by atoms with E-state index in [9.17, 15) is 4.79 Å². The van der Waals surface area contributed by atoms with E-state index in [0.29, 0.717) is 12.1 Å². The van der Waals surface area contributed by atoms with Crippen molar-refractivity contribution in [1.29, 1.82) is 0 Å². The third-order valence-electron chi connectivity index (χ3n) is 4.08. The van der Waals surface area contributed by atoms with E-state index in [0.717, 1.165) is 19.4 Å². The van der Waals surface area contributed by atoms with Gasteiger partial charge >= 0.3 is 6.09 Å². The van der Waals surface area contributed by atoms with E-state index in [1.807, 2.05) is 25.7 Å². The van der Waals surface area contributed by atoms with Gasteiger partial charge in [0.1, 0.15) is 5.60 Å². The Morgan fingerprint density at radius 2 is 1.95 bits per heavy atom. The Bertz CT molecular complexity index is 341. The fourth-order valence-corrected chi connectivity index (χ4v) is 2.63. The first-order valence-corrected chi connectivity index (χ1v) is 7.92. The molecule has 1 aliphatic rings. The molecule has 1 heterocycles. The molecule has 1 saturated heterocycles. The minimum Gasteiger partial charge on any atom is -0.444 e. The van der Waals surface area contributed by atoms with Crippen LogP contribution in [0.1, 0.15) is 54.4 Å². The van der Waals surface area contributed by atoms with Crippen LogP contribution in [0.2, 0.25) is 0 Å². The van der Waals surface area contributed by atoms with Crippen LogP contribution in [-0.2, 0) is 9.47 Å². The molecule has 1 amide bonds. The summed E-state index contributed by atoms with van der Waals surface area (Å²) in [7, 11) is 1.73. The molecule has 0 bridgehead atoms. The summed E-state index contributed by atoms with van der Waals surface area (Å²) >= 11 is 0. The zero-order valence-corrected chi connectivity index (χ0v) is 14.6. The van der Waals surface area contributed by atoms with Crippen molar-refractivity contribution in [3.8, 4) is 0 Å². The Hall–Kier alpha value is -0.810. The monoisotopic (exact) mass is 300 g/mol. The molecule has 5 heteroatoms. The van der Waals surface area contributed by atoms with Gasteiger partial charge in [0.05, 0.1) is 6.10 Å². The lowest BCUT2D eigenvalue weighted by Gasteiger charge is -2.39. The van der Waals surface area contributed by atoms with Crippen LogP contribution in [0.5, 0.6) is 0 Å². The summed E-state index contributed by atoms with van der Waals surface area (Å²) in [5, 5.41) is 3.60. The lowest BCUT2D eigenvalue weighted by molar-refractivity contribution is 0.00753. The third kappa shape index (κ3) is 5.83. The molecule has 0 aromatic heterocycles. The van der Waals surface area contributed by atoms with E-state index in [2.05, 4.69) is 26.1 Å². The van der Waals surface area contributed by atoms with E-state index >= 15 is 0 Å². The van der Waals surface area contributed by atoms with Crippen LogP contribution in [0.3, 0.4) is 0 Å². The van der Waals surface area contributed by atoms with Crippen molar-refractivity contribution in [2.24, 2.45) is 0 Å². The number of methoxy groups -OCH3 is 1. The summed E-state index contributed by atoms with van der Waals surface area (Å²) < 4.78 is 10.8. The maximum atomic E-state index is 12.2. The average Bonchev–Trinajstić information content (AvgIpc) is 2.35. The molecule has 21 heavy (non-hydrogen) atoms. The molecular weight excluding hydrogens is 268 g/mol. The number of ether oxygens (including phenoxy) is 2. The molecule has 0 spiro atoms. The predicted molar refractivity (Wildman–Crippen MR) is 84.5 cm³/mol. The van der Waals surface area contributed by atoms with Crippen molar-refractivity contribution in [2.45, 2.75) is 84.2 Å². The smallest absolute Gasteiger partial charge is 0.410 e. The number of rotatable bonds is 4. The van der Waals surface area contributed by atoms with Crippen LogP contribution >= 0.6 is 0 Å². The minimum absolute atomic E-state index is 0.184. The molecule has 5 nitrogen and oxygen atoms in total. The van der Waals surface area contributed by atoms with Gasteiger partial charge in [0.2, 0.25) is 0 Å². The Morgan fingerprint density at radius 3 is 2.43 bits per heavy atom. The SMILES string of the molecule is COC(C)C(C)NC1CCN(C(=O)OC(C)(C)C)C(C)C1. The van der Waals surface area contributed by atoms with Gasteiger partial charge in [0.25, 0.3) is 0 Å². The van der Waals surface area contributed by atoms with Gasteiger partial charge in [-0.2, -0.15) is 0 Å². The number of nitrogens with one attached hydrogen (secondary N) is 1. The van der Waals surface area contributed by atoms with Crippen molar-refractivity contribution < 1.29 is 14.3 Å². The van der Waals surface area contributed by atoms with Gasteiger partial charge < -0.3 is 19.7 Å². The van der Waals surface area contributed by atoms with Gasteiger partial charge in [-0.1, -0.05) is 0 Å². The van der Waals surface area contributed by atoms with Crippen LogP contribution in [0.25, 0.3) is 0 Å². The molecule has 1 fully saturated rings. The first-order chi connectivity index (χ1) is 9.64. The van der Waals surface area contributed by atoms with Gasteiger partial charge in [-0.3, -0.25) is 0 Å². The molecule has 1 rings (SSSR count). The molecule has 0 aromatic carbocycles. The standard InChI is InChI=1S/C16H32N2O3/c1-11-10-14(17-12(2)13(3)20-7)8-9-18(11)15(19)21-16(4,5)6/h11-14,17H,8-10H2,1-7H3. The van der Waals surface area contributed by atoms with Crippen molar-refractivity contribution in [3.05, 3.63) is 0 Å². The van der Waals surface area contributed by atoms with Crippen molar-refractivity contribution in [2.75, 3.05) is 13.7 Å². The van der Waals surface area contributed by atoms with E-state index < -0.39 is 5.60 Å². The number of piperidine rings is 1.